The summed E-state index contributed by atoms with van der Waals surface area (Å²) < 4.78 is 28.0. The molecule has 3 aromatic carbocycles. The molecule has 154 valence electrons. The van der Waals surface area contributed by atoms with Gasteiger partial charge in [-0.2, -0.15) is 0 Å². The lowest BCUT2D eigenvalue weighted by Crippen LogP contribution is -2.13. The number of pyridine rings is 1. The number of nitrogens with zero attached hydrogens (tertiary/aromatic N) is 2. The summed E-state index contributed by atoms with van der Waals surface area (Å²) in [4.78, 5) is 5.02. The Morgan fingerprint density at radius 3 is 2.39 bits per heavy atom. The molecule has 0 unspecified atom stereocenters. The first-order valence-corrected chi connectivity index (χ1v) is 11.7. The Morgan fingerprint density at radius 1 is 0.871 bits per heavy atom. The van der Waals surface area contributed by atoms with E-state index in [4.69, 9.17) is 16.6 Å². The van der Waals surface area contributed by atoms with Gasteiger partial charge in [-0.05, 0) is 61.9 Å². The van der Waals surface area contributed by atoms with Crippen molar-refractivity contribution in [3.63, 3.8) is 0 Å². The van der Waals surface area contributed by atoms with Crippen LogP contribution in [-0.2, 0) is 10.0 Å². The normalized spacial score (nSPS) is 12.0. The third kappa shape index (κ3) is 3.40. The smallest absolute Gasteiger partial charge is 0.248 e. The molecule has 0 radical (unpaired) electrons. The minimum Gasteiger partial charge on any atom is -0.248 e. The van der Waals surface area contributed by atoms with Crippen molar-refractivity contribution in [2.45, 2.75) is 18.7 Å². The van der Waals surface area contributed by atoms with E-state index in [0.717, 1.165) is 38.5 Å². The minimum absolute atomic E-state index is 0.216. The van der Waals surface area contributed by atoms with Crippen molar-refractivity contribution in [3.05, 3.63) is 95.1 Å². The average molecular weight is 447 g/mol. The van der Waals surface area contributed by atoms with E-state index < -0.39 is 10.0 Å². The van der Waals surface area contributed by atoms with Gasteiger partial charge in [0.05, 0.1) is 26.6 Å². The lowest BCUT2D eigenvalue weighted by atomic mass is 10.0. The maximum Gasteiger partial charge on any atom is 0.268 e. The summed E-state index contributed by atoms with van der Waals surface area (Å²) in [5.41, 5.74) is 4.97. The Balaban J connectivity index is 1.72. The molecule has 2 aromatic heterocycles. The van der Waals surface area contributed by atoms with Crippen LogP contribution in [0.1, 0.15) is 11.1 Å². The van der Waals surface area contributed by atoms with Gasteiger partial charge in [0.1, 0.15) is 0 Å². The molecule has 0 aliphatic carbocycles. The largest absolute Gasteiger partial charge is 0.268 e. The molecular weight excluding hydrogens is 428 g/mol. The van der Waals surface area contributed by atoms with Gasteiger partial charge >= 0.3 is 0 Å². The SMILES string of the molecule is Cc1ccc(S(=O)(=O)n2cc(Cl)cc2-c2cc(C)c3cc4ccccc4nc3c2)cc1. The van der Waals surface area contributed by atoms with Gasteiger partial charge in [-0.15, -0.1) is 0 Å². The highest BCUT2D eigenvalue weighted by Crippen LogP contribution is 2.33. The number of hydrogen-bond acceptors (Lipinski definition) is 3. The lowest BCUT2D eigenvalue weighted by Gasteiger charge is -2.13. The van der Waals surface area contributed by atoms with Crippen molar-refractivity contribution in [3.8, 4) is 11.3 Å². The molecule has 5 rings (SSSR count). The maximum absolute atomic E-state index is 13.4. The predicted octanol–water partition coefficient (Wildman–Crippen LogP) is 6.36. The monoisotopic (exact) mass is 446 g/mol. The summed E-state index contributed by atoms with van der Waals surface area (Å²) in [7, 11) is -3.80. The third-order valence-electron chi connectivity index (χ3n) is 5.47. The topological polar surface area (TPSA) is 52.0 Å². The van der Waals surface area contributed by atoms with Gasteiger partial charge in [-0.1, -0.05) is 47.5 Å². The predicted molar refractivity (Wildman–Crippen MR) is 126 cm³/mol. The summed E-state index contributed by atoms with van der Waals surface area (Å²) in [5, 5.41) is 2.46. The Morgan fingerprint density at radius 2 is 1.61 bits per heavy atom. The number of aromatic nitrogens is 2. The molecular formula is C25H19ClN2O2S. The Hall–Kier alpha value is -3.15. The highest BCUT2D eigenvalue weighted by Gasteiger charge is 2.22. The molecule has 0 saturated carbocycles. The molecule has 0 amide bonds. The highest BCUT2D eigenvalue weighted by molar-refractivity contribution is 7.90. The number of aryl methyl sites for hydroxylation is 2. The van der Waals surface area contributed by atoms with E-state index in [-0.39, 0.29) is 4.90 Å². The van der Waals surface area contributed by atoms with Crippen LogP contribution in [0.25, 0.3) is 33.1 Å². The van der Waals surface area contributed by atoms with Crippen LogP contribution >= 0.6 is 11.6 Å². The molecule has 5 aromatic rings. The number of fused-ring (bicyclic) bond motifs is 2. The highest BCUT2D eigenvalue weighted by atomic mass is 35.5. The lowest BCUT2D eigenvalue weighted by molar-refractivity contribution is 0.588. The Labute approximate surface area is 185 Å². The number of rotatable bonds is 3. The quantitative estimate of drug-likeness (QED) is 0.303. The number of halogens is 1. The van der Waals surface area contributed by atoms with Crippen LogP contribution in [0, 0.1) is 13.8 Å². The first-order chi connectivity index (χ1) is 14.8. The molecule has 0 atom stereocenters. The molecule has 0 aliphatic rings. The second-order valence-electron chi connectivity index (χ2n) is 7.70. The van der Waals surface area contributed by atoms with Gasteiger partial charge in [-0.3, -0.25) is 0 Å². The molecule has 0 spiro atoms. The molecule has 0 fully saturated rings. The molecule has 2 heterocycles. The molecule has 0 bridgehead atoms. The Kier molecular flexibility index (Phi) is 4.61. The van der Waals surface area contributed by atoms with E-state index in [2.05, 4.69) is 6.07 Å². The van der Waals surface area contributed by atoms with Crippen LogP contribution < -0.4 is 0 Å². The molecule has 31 heavy (non-hydrogen) atoms. The van der Waals surface area contributed by atoms with E-state index in [1.807, 2.05) is 50.2 Å². The van der Waals surface area contributed by atoms with E-state index in [0.29, 0.717) is 10.7 Å². The number of hydrogen-bond donors (Lipinski definition) is 0. The fourth-order valence-electron chi connectivity index (χ4n) is 3.85. The zero-order valence-electron chi connectivity index (χ0n) is 17.0. The van der Waals surface area contributed by atoms with Gasteiger partial charge in [-0.25, -0.2) is 17.4 Å². The summed E-state index contributed by atoms with van der Waals surface area (Å²) in [6.07, 6.45) is 1.44. The summed E-state index contributed by atoms with van der Waals surface area (Å²) in [6.45, 7) is 3.93. The van der Waals surface area contributed by atoms with Gasteiger partial charge in [0, 0.05) is 22.5 Å². The zero-order chi connectivity index (χ0) is 21.8. The van der Waals surface area contributed by atoms with Gasteiger partial charge in [0.15, 0.2) is 0 Å². The molecule has 4 nitrogen and oxygen atoms in total. The standard InChI is InChI=1S/C25H19ClN2O2S/c1-16-7-9-21(10-8-16)31(29,30)28-15-20(26)14-25(28)19-11-17(2)22-12-18-5-3-4-6-23(18)27-24(22)13-19/h3-15H,1-2H3. The van der Waals surface area contributed by atoms with Crippen molar-refractivity contribution in [1.82, 2.24) is 8.96 Å². The molecule has 0 N–H and O–H groups in total. The van der Waals surface area contributed by atoms with Crippen LogP contribution in [0.15, 0.2) is 83.9 Å². The van der Waals surface area contributed by atoms with E-state index in [1.165, 1.54) is 10.2 Å². The number of para-hydroxylation sites is 1. The molecule has 6 heteroatoms. The first kappa shape index (κ1) is 19.8. The fourth-order valence-corrected chi connectivity index (χ4v) is 5.49. The van der Waals surface area contributed by atoms with Crippen molar-refractivity contribution >= 4 is 43.4 Å². The Bertz CT molecular complexity index is 1570. The summed E-state index contributed by atoms with van der Waals surface area (Å²) in [5.74, 6) is 0. The van der Waals surface area contributed by atoms with Crippen LogP contribution in [0.3, 0.4) is 0 Å². The van der Waals surface area contributed by atoms with Crippen LogP contribution in [0.4, 0.5) is 0 Å². The van der Waals surface area contributed by atoms with Crippen LogP contribution in [0.5, 0.6) is 0 Å². The summed E-state index contributed by atoms with van der Waals surface area (Å²) in [6, 6.07) is 22.4. The number of benzene rings is 3. The third-order valence-corrected chi connectivity index (χ3v) is 7.36. The van der Waals surface area contributed by atoms with Gasteiger partial charge in [0.2, 0.25) is 0 Å². The van der Waals surface area contributed by atoms with Gasteiger partial charge < -0.3 is 0 Å². The second kappa shape index (κ2) is 7.22. The van der Waals surface area contributed by atoms with Gasteiger partial charge in [0.25, 0.3) is 10.0 Å². The van der Waals surface area contributed by atoms with Crippen molar-refractivity contribution in [2.75, 3.05) is 0 Å². The zero-order valence-corrected chi connectivity index (χ0v) is 18.6. The minimum atomic E-state index is -3.80. The second-order valence-corrected chi connectivity index (χ2v) is 9.95. The summed E-state index contributed by atoms with van der Waals surface area (Å²) >= 11 is 6.27. The molecule has 0 aliphatic heterocycles. The van der Waals surface area contributed by atoms with Crippen molar-refractivity contribution < 1.29 is 8.42 Å². The van der Waals surface area contributed by atoms with Crippen molar-refractivity contribution in [1.29, 1.82) is 0 Å². The maximum atomic E-state index is 13.4. The van der Waals surface area contributed by atoms with Crippen LogP contribution in [0.2, 0.25) is 5.02 Å². The van der Waals surface area contributed by atoms with Crippen molar-refractivity contribution in [2.24, 2.45) is 0 Å². The van der Waals surface area contributed by atoms with Crippen LogP contribution in [-0.4, -0.2) is 17.4 Å². The van der Waals surface area contributed by atoms with E-state index in [9.17, 15) is 8.42 Å². The first-order valence-electron chi connectivity index (χ1n) is 9.83. The fraction of sp³-hybridized carbons (Fsp3) is 0.0800. The van der Waals surface area contributed by atoms with E-state index >= 15 is 0 Å². The average Bonchev–Trinajstić information content (AvgIpc) is 3.15. The van der Waals surface area contributed by atoms with E-state index in [1.54, 1.807) is 30.3 Å². The molecule has 0 saturated heterocycles.